The molecule has 0 aromatic rings. The van der Waals surface area contributed by atoms with Gasteiger partial charge in [0.15, 0.2) is 6.10 Å². The monoisotopic (exact) mass is 160 g/mol. The maximum Gasteiger partial charge on any atom is 0.338 e. The van der Waals surface area contributed by atoms with Gasteiger partial charge in [0, 0.05) is 0 Å². The highest BCUT2D eigenvalue weighted by molar-refractivity contribution is 5.78. The number of hydrogen-bond donors (Lipinski definition) is 1. The van der Waals surface area contributed by atoms with Gasteiger partial charge in [-0.05, 0) is 13.8 Å². The third kappa shape index (κ3) is 1.91. The van der Waals surface area contributed by atoms with E-state index in [0.29, 0.717) is 6.61 Å². The molecule has 0 amide bonds. The molecule has 0 aliphatic carbocycles. The van der Waals surface area contributed by atoms with Crippen molar-refractivity contribution in [3.8, 4) is 0 Å². The van der Waals surface area contributed by atoms with Gasteiger partial charge >= 0.3 is 5.97 Å². The molecule has 1 heterocycles. The van der Waals surface area contributed by atoms with Gasteiger partial charge in [0.25, 0.3) is 0 Å². The first-order valence-corrected chi connectivity index (χ1v) is 3.67. The molecular formula is C7H12O4. The van der Waals surface area contributed by atoms with Crippen LogP contribution in [0.4, 0.5) is 0 Å². The zero-order valence-corrected chi connectivity index (χ0v) is 6.61. The van der Waals surface area contributed by atoms with E-state index in [4.69, 9.17) is 9.84 Å². The lowest BCUT2D eigenvalue weighted by atomic mass is 10.2. The SMILES string of the molecule is CCOC(=O)[C@@H]1O[C@H]1[C@H](C)O. The number of epoxide rings is 1. The second-order valence-corrected chi connectivity index (χ2v) is 2.51. The first-order valence-electron chi connectivity index (χ1n) is 3.67. The van der Waals surface area contributed by atoms with Gasteiger partial charge in [-0.25, -0.2) is 4.79 Å². The first kappa shape index (κ1) is 8.49. The van der Waals surface area contributed by atoms with Gasteiger partial charge in [-0.2, -0.15) is 0 Å². The van der Waals surface area contributed by atoms with Gasteiger partial charge < -0.3 is 14.6 Å². The van der Waals surface area contributed by atoms with Crippen molar-refractivity contribution < 1.29 is 19.4 Å². The molecule has 1 saturated heterocycles. The van der Waals surface area contributed by atoms with E-state index in [0.717, 1.165) is 0 Å². The zero-order chi connectivity index (χ0) is 8.43. The van der Waals surface area contributed by atoms with Gasteiger partial charge in [-0.3, -0.25) is 0 Å². The molecule has 0 unspecified atom stereocenters. The van der Waals surface area contributed by atoms with E-state index >= 15 is 0 Å². The smallest absolute Gasteiger partial charge is 0.338 e. The molecule has 0 bridgehead atoms. The van der Waals surface area contributed by atoms with Crippen LogP contribution in [0, 0.1) is 0 Å². The van der Waals surface area contributed by atoms with Crippen molar-refractivity contribution in [2.45, 2.75) is 32.2 Å². The number of rotatable bonds is 3. The topological polar surface area (TPSA) is 59.1 Å². The number of ether oxygens (including phenoxy) is 2. The Morgan fingerprint density at radius 1 is 1.82 bits per heavy atom. The van der Waals surface area contributed by atoms with Crippen molar-refractivity contribution in [3.05, 3.63) is 0 Å². The molecule has 4 heteroatoms. The Labute approximate surface area is 65.1 Å². The number of hydrogen-bond acceptors (Lipinski definition) is 4. The van der Waals surface area contributed by atoms with Crippen LogP contribution in [-0.2, 0) is 14.3 Å². The Hall–Kier alpha value is -0.610. The summed E-state index contributed by atoms with van der Waals surface area (Å²) in [5.41, 5.74) is 0. The van der Waals surface area contributed by atoms with Gasteiger partial charge in [0.1, 0.15) is 6.10 Å². The van der Waals surface area contributed by atoms with Crippen molar-refractivity contribution in [2.75, 3.05) is 6.61 Å². The minimum absolute atomic E-state index is 0.352. The summed E-state index contributed by atoms with van der Waals surface area (Å²) in [6.07, 6.45) is -1.48. The van der Waals surface area contributed by atoms with Crippen molar-refractivity contribution in [1.29, 1.82) is 0 Å². The van der Waals surface area contributed by atoms with Gasteiger partial charge in [0.2, 0.25) is 0 Å². The molecule has 0 aromatic carbocycles. The number of carbonyl (C=O) groups excluding carboxylic acids is 1. The van der Waals surface area contributed by atoms with E-state index in [1.807, 2.05) is 0 Å². The van der Waals surface area contributed by atoms with Crippen LogP contribution in [-0.4, -0.2) is 36.0 Å². The average Bonchev–Trinajstić information content (AvgIpc) is 2.65. The van der Waals surface area contributed by atoms with Crippen LogP contribution in [0.25, 0.3) is 0 Å². The minimum Gasteiger partial charge on any atom is -0.464 e. The molecule has 11 heavy (non-hydrogen) atoms. The molecule has 4 nitrogen and oxygen atoms in total. The first-order chi connectivity index (χ1) is 5.16. The molecule has 0 saturated carbocycles. The average molecular weight is 160 g/mol. The number of carbonyl (C=O) groups is 1. The molecule has 1 aliphatic heterocycles. The Bertz CT molecular complexity index is 155. The van der Waals surface area contributed by atoms with E-state index in [-0.39, 0.29) is 12.1 Å². The van der Waals surface area contributed by atoms with Crippen molar-refractivity contribution in [1.82, 2.24) is 0 Å². The third-order valence-electron chi connectivity index (χ3n) is 1.52. The lowest BCUT2D eigenvalue weighted by molar-refractivity contribution is -0.144. The molecule has 64 valence electrons. The summed E-state index contributed by atoms with van der Waals surface area (Å²) in [7, 11) is 0. The van der Waals surface area contributed by atoms with Crippen LogP contribution in [0.3, 0.4) is 0 Å². The molecule has 1 N–H and O–H groups in total. The van der Waals surface area contributed by atoms with E-state index in [2.05, 4.69) is 4.74 Å². The number of aliphatic hydroxyl groups is 1. The summed E-state index contributed by atoms with van der Waals surface area (Å²) in [5, 5.41) is 8.95. The molecular weight excluding hydrogens is 148 g/mol. The highest BCUT2D eigenvalue weighted by Crippen LogP contribution is 2.26. The predicted octanol–water partition coefficient (Wildman–Crippen LogP) is -0.302. The van der Waals surface area contributed by atoms with Crippen LogP contribution in [0.1, 0.15) is 13.8 Å². The fraction of sp³-hybridized carbons (Fsp3) is 0.857. The molecule has 0 radical (unpaired) electrons. The molecule has 3 atom stereocenters. The van der Waals surface area contributed by atoms with Crippen LogP contribution < -0.4 is 0 Å². The Morgan fingerprint density at radius 3 is 2.82 bits per heavy atom. The largest absolute Gasteiger partial charge is 0.464 e. The van der Waals surface area contributed by atoms with Crippen LogP contribution in [0.2, 0.25) is 0 Å². The molecule has 0 aromatic heterocycles. The molecule has 1 aliphatic rings. The van der Waals surface area contributed by atoms with E-state index in [1.54, 1.807) is 13.8 Å². The van der Waals surface area contributed by atoms with Gasteiger partial charge in [-0.1, -0.05) is 0 Å². The van der Waals surface area contributed by atoms with Crippen LogP contribution in [0.15, 0.2) is 0 Å². The van der Waals surface area contributed by atoms with Crippen molar-refractivity contribution >= 4 is 5.97 Å². The van der Waals surface area contributed by atoms with Gasteiger partial charge in [0.05, 0.1) is 12.7 Å². The van der Waals surface area contributed by atoms with Crippen molar-refractivity contribution in [2.24, 2.45) is 0 Å². The molecule has 1 fully saturated rings. The summed E-state index contributed by atoms with van der Waals surface area (Å²) in [5.74, 6) is -0.376. The zero-order valence-electron chi connectivity index (χ0n) is 6.61. The van der Waals surface area contributed by atoms with E-state index < -0.39 is 12.2 Å². The quantitative estimate of drug-likeness (QED) is 0.454. The van der Waals surface area contributed by atoms with Gasteiger partial charge in [-0.15, -0.1) is 0 Å². The summed E-state index contributed by atoms with van der Waals surface area (Å²) < 4.78 is 9.54. The summed E-state index contributed by atoms with van der Waals surface area (Å²) >= 11 is 0. The number of aliphatic hydroxyl groups excluding tert-OH is 1. The lowest BCUT2D eigenvalue weighted by Crippen LogP contribution is -2.19. The molecule has 1 rings (SSSR count). The number of esters is 1. The maximum atomic E-state index is 10.9. The normalized spacial score (nSPS) is 31.2. The summed E-state index contributed by atoms with van der Waals surface area (Å²) in [6, 6.07) is 0. The van der Waals surface area contributed by atoms with E-state index in [9.17, 15) is 4.79 Å². The van der Waals surface area contributed by atoms with Crippen LogP contribution >= 0.6 is 0 Å². The lowest BCUT2D eigenvalue weighted by Gasteiger charge is -1.97. The summed E-state index contributed by atoms with van der Waals surface area (Å²) in [4.78, 5) is 10.9. The molecule has 0 spiro atoms. The maximum absolute atomic E-state index is 10.9. The second kappa shape index (κ2) is 3.19. The van der Waals surface area contributed by atoms with Crippen molar-refractivity contribution in [3.63, 3.8) is 0 Å². The Balaban J connectivity index is 2.26. The fourth-order valence-corrected chi connectivity index (χ4v) is 0.905. The summed E-state index contributed by atoms with van der Waals surface area (Å²) in [6.45, 7) is 3.67. The predicted molar refractivity (Wildman–Crippen MR) is 37.0 cm³/mol. The highest BCUT2D eigenvalue weighted by atomic mass is 16.6. The second-order valence-electron chi connectivity index (χ2n) is 2.51. The Kier molecular flexibility index (Phi) is 2.46. The minimum atomic E-state index is -0.593. The standard InChI is InChI=1S/C7H12O4/c1-3-10-7(9)6-5(11-6)4(2)8/h4-6,8H,3H2,1-2H3/t4-,5-,6+/m0/s1. The fourth-order valence-electron chi connectivity index (χ4n) is 0.905. The van der Waals surface area contributed by atoms with E-state index in [1.165, 1.54) is 0 Å². The highest BCUT2D eigenvalue weighted by Gasteiger charge is 2.49. The third-order valence-corrected chi connectivity index (χ3v) is 1.52. The Morgan fingerprint density at radius 2 is 2.45 bits per heavy atom. The van der Waals surface area contributed by atoms with Crippen LogP contribution in [0.5, 0.6) is 0 Å².